The fourth-order valence-electron chi connectivity index (χ4n) is 2.90. The Morgan fingerprint density at radius 2 is 2.08 bits per heavy atom. The Labute approximate surface area is 152 Å². The molecule has 0 spiro atoms. The molecule has 3 aromatic rings. The Kier molecular flexibility index (Phi) is 4.92. The highest BCUT2D eigenvalue weighted by Gasteiger charge is 2.17. The summed E-state index contributed by atoms with van der Waals surface area (Å²) < 4.78 is 7.52. The first kappa shape index (κ1) is 17.6. The molecule has 0 unspecified atom stereocenters. The van der Waals surface area contributed by atoms with Crippen LogP contribution in [0.25, 0.3) is 16.9 Å². The summed E-state index contributed by atoms with van der Waals surface area (Å²) in [5.41, 5.74) is 8.32. The van der Waals surface area contributed by atoms with Crippen molar-refractivity contribution in [3.05, 3.63) is 41.8 Å². The quantitative estimate of drug-likeness (QED) is 0.727. The van der Waals surface area contributed by atoms with Crippen LogP contribution in [-0.2, 0) is 0 Å². The predicted octanol–water partition coefficient (Wildman–Crippen LogP) is 3.59. The number of hydrogen-bond donors (Lipinski definition) is 1. The normalized spacial score (nSPS) is 13.2. The Balaban J connectivity index is 1.76. The highest BCUT2D eigenvalue weighted by atomic mass is 35.5. The van der Waals surface area contributed by atoms with Gasteiger partial charge in [-0.1, -0.05) is 18.5 Å². The zero-order valence-electron chi connectivity index (χ0n) is 14.6. The van der Waals surface area contributed by atoms with Crippen LogP contribution >= 0.6 is 11.6 Å². The van der Waals surface area contributed by atoms with E-state index < -0.39 is 0 Å². The van der Waals surface area contributed by atoms with Gasteiger partial charge in [-0.25, -0.2) is 14.5 Å². The Morgan fingerprint density at radius 1 is 1.28 bits per heavy atom. The van der Waals surface area contributed by atoms with Gasteiger partial charge in [0.15, 0.2) is 5.65 Å². The minimum Gasteiger partial charge on any atom is -0.476 e. The second-order valence-corrected chi connectivity index (χ2v) is 7.46. The third-order valence-corrected chi connectivity index (χ3v) is 4.04. The molecule has 7 heteroatoms. The minimum absolute atomic E-state index is 0.222. The number of pyridine rings is 1. The minimum atomic E-state index is -0.222. The topological polar surface area (TPSA) is 78.3 Å². The molecule has 132 valence electrons. The van der Waals surface area contributed by atoms with E-state index in [2.05, 4.69) is 22.0 Å². The lowest BCUT2D eigenvalue weighted by atomic mass is 9.93. The van der Waals surface area contributed by atoms with Crippen molar-refractivity contribution in [2.45, 2.75) is 32.7 Å². The van der Waals surface area contributed by atoms with Crippen LogP contribution in [0, 0.1) is 5.92 Å². The van der Waals surface area contributed by atoms with Crippen molar-refractivity contribution >= 4 is 17.2 Å². The van der Waals surface area contributed by atoms with Crippen molar-refractivity contribution in [1.82, 2.24) is 19.6 Å². The summed E-state index contributed by atoms with van der Waals surface area (Å²) >= 11 is 6.36. The van der Waals surface area contributed by atoms with Crippen molar-refractivity contribution < 1.29 is 4.74 Å². The van der Waals surface area contributed by atoms with Crippen LogP contribution in [-0.4, -0.2) is 31.7 Å². The number of nitrogens with two attached hydrogens (primary N) is 1. The van der Waals surface area contributed by atoms with Crippen LogP contribution in [0.3, 0.4) is 0 Å². The van der Waals surface area contributed by atoms with Gasteiger partial charge in [0.2, 0.25) is 5.88 Å². The van der Waals surface area contributed by atoms with Crippen molar-refractivity contribution in [3.63, 3.8) is 0 Å². The van der Waals surface area contributed by atoms with Gasteiger partial charge in [-0.2, -0.15) is 5.10 Å². The maximum Gasteiger partial charge on any atom is 0.232 e. The lowest BCUT2D eigenvalue weighted by Crippen LogP contribution is -2.35. The van der Waals surface area contributed by atoms with Gasteiger partial charge in [0.05, 0.1) is 18.5 Å². The van der Waals surface area contributed by atoms with E-state index in [4.69, 9.17) is 22.1 Å². The molecule has 2 N–H and O–H groups in total. The molecule has 3 heterocycles. The molecule has 25 heavy (non-hydrogen) atoms. The molecule has 0 aromatic carbocycles. The Hall–Kier alpha value is -2.18. The number of aromatic nitrogens is 4. The Morgan fingerprint density at radius 3 is 2.80 bits per heavy atom. The number of halogens is 1. The predicted molar refractivity (Wildman–Crippen MR) is 98.8 cm³/mol. The summed E-state index contributed by atoms with van der Waals surface area (Å²) in [5.74, 6) is 0.735. The molecule has 0 aliphatic carbocycles. The fourth-order valence-corrected chi connectivity index (χ4v) is 3.12. The molecule has 0 saturated carbocycles. The van der Waals surface area contributed by atoms with Crippen molar-refractivity contribution in [2.24, 2.45) is 11.7 Å². The van der Waals surface area contributed by atoms with E-state index in [0.29, 0.717) is 23.4 Å². The third-order valence-electron chi connectivity index (χ3n) is 3.77. The highest BCUT2D eigenvalue weighted by Crippen LogP contribution is 2.28. The molecule has 0 amide bonds. The molecule has 0 aliphatic rings. The number of fused-ring (bicyclic) bond motifs is 1. The number of hydrogen-bond acceptors (Lipinski definition) is 5. The van der Waals surface area contributed by atoms with Crippen LogP contribution in [0.15, 0.2) is 36.8 Å². The monoisotopic (exact) mass is 359 g/mol. The first-order valence-electron chi connectivity index (χ1n) is 8.20. The summed E-state index contributed by atoms with van der Waals surface area (Å²) in [6, 6.07) is 5.55. The van der Waals surface area contributed by atoms with Gasteiger partial charge < -0.3 is 10.5 Å². The molecule has 0 radical (unpaired) electrons. The molecule has 0 bridgehead atoms. The van der Waals surface area contributed by atoms with Crippen molar-refractivity contribution in [3.8, 4) is 17.1 Å². The van der Waals surface area contributed by atoms with Crippen molar-refractivity contribution in [1.29, 1.82) is 0 Å². The lowest BCUT2D eigenvalue weighted by Gasteiger charge is -2.23. The molecule has 1 atom stereocenters. The fraction of sp³-hybridized carbons (Fsp3) is 0.389. The summed E-state index contributed by atoms with van der Waals surface area (Å²) in [4.78, 5) is 8.62. The Bertz CT molecular complexity index is 871. The zero-order chi connectivity index (χ0) is 18.0. The molecule has 0 aliphatic heterocycles. The van der Waals surface area contributed by atoms with Crippen LogP contribution < -0.4 is 10.5 Å². The first-order valence-corrected chi connectivity index (χ1v) is 8.57. The molecule has 3 aromatic heterocycles. The standard InChI is InChI=1S/C18H22ClN5O/c1-12(9-18(2,3)20)11-25-17-14(19)8-13(10-22-17)15-4-6-21-16-5-7-23-24(15)16/h4-8,10,12H,9,11,20H2,1-3H3/t12-/m1/s1. The van der Waals surface area contributed by atoms with E-state index in [1.807, 2.05) is 32.0 Å². The number of nitrogens with zero attached hydrogens (tertiary/aromatic N) is 4. The number of rotatable bonds is 6. The van der Waals surface area contributed by atoms with Gasteiger partial charge in [0, 0.05) is 29.6 Å². The molecule has 0 fully saturated rings. The highest BCUT2D eigenvalue weighted by molar-refractivity contribution is 6.32. The second kappa shape index (κ2) is 6.98. The van der Waals surface area contributed by atoms with Gasteiger partial charge in [-0.05, 0) is 38.3 Å². The maximum absolute atomic E-state index is 6.36. The van der Waals surface area contributed by atoms with Crippen LogP contribution in [0.2, 0.25) is 5.02 Å². The summed E-state index contributed by atoms with van der Waals surface area (Å²) in [5, 5.41) is 4.75. The lowest BCUT2D eigenvalue weighted by molar-refractivity contribution is 0.223. The zero-order valence-corrected chi connectivity index (χ0v) is 15.4. The van der Waals surface area contributed by atoms with E-state index in [0.717, 1.165) is 23.3 Å². The smallest absolute Gasteiger partial charge is 0.232 e. The summed E-state index contributed by atoms with van der Waals surface area (Å²) in [7, 11) is 0. The van der Waals surface area contributed by atoms with Gasteiger partial charge in [-0.3, -0.25) is 0 Å². The van der Waals surface area contributed by atoms with Crippen LogP contribution in [0.1, 0.15) is 27.2 Å². The van der Waals surface area contributed by atoms with Gasteiger partial charge in [0.1, 0.15) is 5.02 Å². The summed E-state index contributed by atoms with van der Waals surface area (Å²) in [6.45, 7) is 6.64. The summed E-state index contributed by atoms with van der Waals surface area (Å²) in [6.07, 6.45) is 6.03. The molecular formula is C18H22ClN5O. The number of ether oxygens (including phenoxy) is 1. The van der Waals surface area contributed by atoms with Crippen LogP contribution in [0.5, 0.6) is 5.88 Å². The van der Waals surface area contributed by atoms with E-state index in [1.54, 1.807) is 23.1 Å². The van der Waals surface area contributed by atoms with Gasteiger partial charge in [-0.15, -0.1) is 0 Å². The molecule has 0 saturated heterocycles. The van der Waals surface area contributed by atoms with E-state index >= 15 is 0 Å². The second-order valence-electron chi connectivity index (χ2n) is 7.05. The average molecular weight is 360 g/mol. The largest absolute Gasteiger partial charge is 0.476 e. The third kappa shape index (κ3) is 4.27. The maximum atomic E-state index is 6.36. The molecule has 3 rings (SSSR count). The average Bonchev–Trinajstić information content (AvgIpc) is 3.00. The van der Waals surface area contributed by atoms with Crippen LogP contribution in [0.4, 0.5) is 0 Å². The van der Waals surface area contributed by atoms with Crippen molar-refractivity contribution in [2.75, 3.05) is 6.61 Å². The van der Waals surface area contributed by atoms with E-state index in [1.165, 1.54) is 0 Å². The van der Waals surface area contributed by atoms with Gasteiger partial charge in [0.25, 0.3) is 0 Å². The van der Waals surface area contributed by atoms with E-state index in [-0.39, 0.29) is 5.54 Å². The first-order chi connectivity index (χ1) is 11.8. The van der Waals surface area contributed by atoms with Gasteiger partial charge >= 0.3 is 0 Å². The SMILES string of the molecule is C[C@@H](COc1ncc(-c2ccnc3ccnn23)cc1Cl)CC(C)(C)N. The van der Waals surface area contributed by atoms with E-state index in [9.17, 15) is 0 Å². The molecular weight excluding hydrogens is 338 g/mol. The molecule has 6 nitrogen and oxygen atoms in total.